The summed E-state index contributed by atoms with van der Waals surface area (Å²) in [5, 5.41) is 14.4. The SMILES string of the molecule is O=C(N/N=C\c1ccc([N+](=O)[O-])cc1)c1cccc(S(=O)(=O)N2CCCC2)c1. The third kappa shape index (κ3) is 4.41. The van der Waals surface area contributed by atoms with Gasteiger partial charge in [-0.05, 0) is 48.7 Å². The summed E-state index contributed by atoms with van der Waals surface area (Å²) in [4.78, 5) is 22.4. The molecular weight excluding hydrogens is 384 g/mol. The highest BCUT2D eigenvalue weighted by Gasteiger charge is 2.27. The molecule has 1 N–H and O–H groups in total. The molecule has 1 saturated heterocycles. The highest BCUT2D eigenvalue weighted by molar-refractivity contribution is 7.89. The second-order valence-electron chi connectivity index (χ2n) is 6.19. The van der Waals surface area contributed by atoms with Gasteiger partial charge in [0.2, 0.25) is 10.0 Å². The molecule has 1 aliphatic heterocycles. The first-order valence-corrected chi connectivity index (χ1v) is 10.00. The van der Waals surface area contributed by atoms with E-state index in [-0.39, 0.29) is 16.1 Å². The van der Waals surface area contributed by atoms with E-state index in [4.69, 9.17) is 0 Å². The van der Waals surface area contributed by atoms with E-state index in [1.165, 1.54) is 59.1 Å². The number of nitro groups is 1. The molecule has 1 fully saturated rings. The zero-order valence-electron chi connectivity index (χ0n) is 14.8. The van der Waals surface area contributed by atoms with Crippen molar-refractivity contribution in [1.29, 1.82) is 0 Å². The Labute approximate surface area is 161 Å². The van der Waals surface area contributed by atoms with Crippen LogP contribution >= 0.6 is 0 Å². The van der Waals surface area contributed by atoms with E-state index in [9.17, 15) is 23.3 Å². The Hall–Kier alpha value is -3.11. The van der Waals surface area contributed by atoms with Gasteiger partial charge in [0, 0.05) is 30.8 Å². The molecule has 0 bridgehead atoms. The van der Waals surface area contributed by atoms with Crippen LogP contribution in [0.3, 0.4) is 0 Å². The van der Waals surface area contributed by atoms with E-state index >= 15 is 0 Å². The number of benzene rings is 2. The third-order valence-electron chi connectivity index (χ3n) is 4.28. The van der Waals surface area contributed by atoms with Crippen molar-refractivity contribution in [3.63, 3.8) is 0 Å². The van der Waals surface area contributed by atoms with Crippen molar-refractivity contribution in [3.8, 4) is 0 Å². The van der Waals surface area contributed by atoms with E-state index in [1.54, 1.807) is 0 Å². The first kappa shape index (κ1) is 19.6. The summed E-state index contributed by atoms with van der Waals surface area (Å²) in [6.07, 6.45) is 3.00. The maximum absolute atomic E-state index is 12.6. The van der Waals surface area contributed by atoms with Crippen molar-refractivity contribution in [2.24, 2.45) is 5.10 Å². The van der Waals surface area contributed by atoms with Crippen LogP contribution in [0.25, 0.3) is 0 Å². The standard InChI is InChI=1S/C18H18N4O5S/c23-18(20-19-13-14-6-8-16(9-7-14)22(24)25)15-4-3-5-17(12-15)28(26,27)21-10-1-2-11-21/h3-9,12-13H,1-2,10-11H2,(H,20,23)/b19-13-. The van der Waals surface area contributed by atoms with Gasteiger partial charge in [-0.15, -0.1) is 0 Å². The van der Waals surface area contributed by atoms with Gasteiger partial charge in [0.15, 0.2) is 0 Å². The fourth-order valence-electron chi connectivity index (χ4n) is 2.79. The number of rotatable bonds is 6. The van der Waals surface area contributed by atoms with Gasteiger partial charge < -0.3 is 0 Å². The van der Waals surface area contributed by atoms with Gasteiger partial charge in [0.05, 0.1) is 16.0 Å². The third-order valence-corrected chi connectivity index (χ3v) is 6.18. The molecule has 28 heavy (non-hydrogen) atoms. The Morgan fingerprint density at radius 2 is 1.82 bits per heavy atom. The lowest BCUT2D eigenvalue weighted by Gasteiger charge is -2.15. The molecule has 2 aromatic rings. The first-order chi connectivity index (χ1) is 13.4. The first-order valence-electron chi connectivity index (χ1n) is 8.56. The number of carbonyl (C=O) groups is 1. The smallest absolute Gasteiger partial charge is 0.267 e. The van der Waals surface area contributed by atoms with Crippen LogP contribution in [0.5, 0.6) is 0 Å². The van der Waals surface area contributed by atoms with Crippen LogP contribution in [0.2, 0.25) is 0 Å². The molecule has 1 aliphatic rings. The van der Waals surface area contributed by atoms with Crippen molar-refractivity contribution in [3.05, 3.63) is 69.8 Å². The number of hydrogen-bond donors (Lipinski definition) is 1. The highest BCUT2D eigenvalue weighted by atomic mass is 32.2. The van der Waals surface area contributed by atoms with Crippen LogP contribution in [-0.4, -0.2) is 42.9 Å². The van der Waals surface area contributed by atoms with E-state index < -0.39 is 20.9 Å². The quantitative estimate of drug-likeness (QED) is 0.451. The van der Waals surface area contributed by atoms with Crippen molar-refractivity contribution >= 4 is 27.8 Å². The average Bonchev–Trinajstić information content (AvgIpc) is 3.24. The Morgan fingerprint density at radius 1 is 1.14 bits per heavy atom. The molecule has 1 heterocycles. The molecule has 2 aromatic carbocycles. The number of nitrogens with one attached hydrogen (secondary N) is 1. The van der Waals surface area contributed by atoms with Crippen LogP contribution in [0.4, 0.5) is 5.69 Å². The minimum Gasteiger partial charge on any atom is -0.267 e. The Morgan fingerprint density at radius 3 is 2.46 bits per heavy atom. The number of hydrogen-bond acceptors (Lipinski definition) is 6. The maximum atomic E-state index is 12.6. The fraction of sp³-hybridized carbons (Fsp3) is 0.222. The molecule has 0 spiro atoms. The fourth-order valence-corrected chi connectivity index (χ4v) is 4.35. The Bertz CT molecular complexity index is 1010. The van der Waals surface area contributed by atoms with Crippen LogP contribution in [0, 0.1) is 10.1 Å². The van der Waals surface area contributed by atoms with Crippen molar-refractivity contribution in [1.82, 2.24) is 9.73 Å². The van der Waals surface area contributed by atoms with Gasteiger partial charge in [0.1, 0.15) is 0 Å². The maximum Gasteiger partial charge on any atom is 0.271 e. The lowest BCUT2D eigenvalue weighted by Crippen LogP contribution is -2.28. The predicted molar refractivity (Wildman–Crippen MR) is 103 cm³/mol. The number of non-ortho nitro benzene ring substituents is 1. The molecule has 10 heteroatoms. The van der Waals surface area contributed by atoms with Gasteiger partial charge in [-0.3, -0.25) is 14.9 Å². The summed E-state index contributed by atoms with van der Waals surface area (Å²) >= 11 is 0. The summed E-state index contributed by atoms with van der Waals surface area (Å²) in [5.74, 6) is -0.559. The lowest BCUT2D eigenvalue weighted by molar-refractivity contribution is -0.384. The molecule has 0 saturated carbocycles. The van der Waals surface area contributed by atoms with Crippen molar-refractivity contribution < 1.29 is 18.1 Å². The lowest BCUT2D eigenvalue weighted by atomic mass is 10.2. The van der Waals surface area contributed by atoms with Crippen LogP contribution in [-0.2, 0) is 10.0 Å². The van der Waals surface area contributed by atoms with Crippen LogP contribution < -0.4 is 5.43 Å². The van der Waals surface area contributed by atoms with E-state index in [1.807, 2.05) is 0 Å². The normalized spacial score (nSPS) is 15.0. The molecule has 3 rings (SSSR count). The second-order valence-corrected chi connectivity index (χ2v) is 8.12. The molecule has 0 radical (unpaired) electrons. The van der Waals surface area contributed by atoms with Crippen molar-refractivity contribution in [2.75, 3.05) is 13.1 Å². The number of hydrazone groups is 1. The highest BCUT2D eigenvalue weighted by Crippen LogP contribution is 2.21. The van der Waals surface area contributed by atoms with Gasteiger partial charge in [-0.2, -0.15) is 9.41 Å². The molecule has 0 aliphatic carbocycles. The zero-order chi connectivity index (χ0) is 20.1. The Balaban J connectivity index is 1.68. The number of nitrogens with zero attached hydrogens (tertiary/aromatic N) is 3. The minimum absolute atomic E-state index is 0.0442. The number of carbonyl (C=O) groups excluding carboxylic acids is 1. The monoisotopic (exact) mass is 402 g/mol. The summed E-state index contributed by atoms with van der Waals surface area (Å²) in [7, 11) is -3.61. The van der Waals surface area contributed by atoms with Gasteiger partial charge in [-0.25, -0.2) is 13.8 Å². The molecule has 0 atom stereocenters. The van der Waals surface area contributed by atoms with Gasteiger partial charge in [-0.1, -0.05) is 6.07 Å². The molecular formula is C18H18N4O5S. The molecule has 9 nitrogen and oxygen atoms in total. The predicted octanol–water partition coefficient (Wildman–Crippen LogP) is 2.14. The summed E-state index contributed by atoms with van der Waals surface area (Å²) in [5.41, 5.74) is 3.01. The minimum atomic E-state index is -3.61. The average molecular weight is 402 g/mol. The summed E-state index contributed by atoms with van der Waals surface area (Å²) in [6.45, 7) is 0.969. The summed E-state index contributed by atoms with van der Waals surface area (Å²) < 4.78 is 26.6. The van der Waals surface area contributed by atoms with Gasteiger partial charge in [0.25, 0.3) is 11.6 Å². The van der Waals surface area contributed by atoms with E-state index in [0.29, 0.717) is 18.7 Å². The van der Waals surface area contributed by atoms with Crippen LogP contribution in [0.1, 0.15) is 28.8 Å². The number of nitro benzene ring substituents is 1. The summed E-state index contributed by atoms with van der Waals surface area (Å²) in [6, 6.07) is 11.5. The molecule has 1 amide bonds. The largest absolute Gasteiger partial charge is 0.271 e. The van der Waals surface area contributed by atoms with Gasteiger partial charge >= 0.3 is 0 Å². The molecule has 146 valence electrons. The zero-order valence-corrected chi connectivity index (χ0v) is 15.6. The van der Waals surface area contributed by atoms with Crippen molar-refractivity contribution in [2.45, 2.75) is 17.7 Å². The number of amides is 1. The topological polar surface area (TPSA) is 122 Å². The van der Waals surface area contributed by atoms with E-state index in [0.717, 1.165) is 12.8 Å². The number of sulfonamides is 1. The molecule has 0 unspecified atom stereocenters. The molecule has 0 aromatic heterocycles. The second kappa shape index (κ2) is 8.28. The Kier molecular flexibility index (Phi) is 5.81. The van der Waals surface area contributed by atoms with E-state index in [2.05, 4.69) is 10.5 Å². The van der Waals surface area contributed by atoms with Crippen LogP contribution in [0.15, 0.2) is 58.5 Å².